The molecule has 3 aromatic rings. The molecule has 0 spiro atoms. The Morgan fingerprint density at radius 2 is 2.08 bits per heavy atom. The minimum absolute atomic E-state index is 0.772. The third-order valence-corrected chi connectivity index (χ3v) is 2.01. The molecule has 6 nitrogen and oxygen atoms in total. The Kier molecular flexibility index (Phi) is 0.974. The normalized spacial score (nSPS) is 11.4. The maximum atomic E-state index is 5.63. The summed E-state index contributed by atoms with van der Waals surface area (Å²) in [6.45, 7) is 0. The van der Waals surface area contributed by atoms with Crippen molar-refractivity contribution in [1.82, 2.24) is 25.1 Å². The van der Waals surface area contributed by atoms with E-state index in [1.54, 1.807) is 0 Å². The number of rotatable bonds is 0. The third kappa shape index (κ3) is 0.689. The van der Waals surface area contributed by atoms with E-state index in [-0.39, 0.29) is 0 Å². The fraction of sp³-hybridized carbons (Fsp3) is 0. The predicted molar refractivity (Wildman–Crippen MR) is 47.3 cm³/mol. The zero-order valence-corrected chi connectivity index (χ0v) is 6.60. The maximum absolute atomic E-state index is 5.63. The average molecular weight is 174 g/mol. The average Bonchev–Trinajstić information content (AvgIpc) is 2.70. The Morgan fingerprint density at radius 3 is 3.00 bits per heavy atom. The zero-order valence-electron chi connectivity index (χ0n) is 6.60. The predicted octanol–water partition coefficient (Wildman–Crippen LogP) is 0.0214. The molecule has 1 aromatic carbocycles. The highest BCUT2D eigenvalue weighted by Gasteiger charge is 2.07. The minimum atomic E-state index is 0.772. The molecule has 13 heavy (non-hydrogen) atoms. The first-order chi connectivity index (χ1) is 6.36. The van der Waals surface area contributed by atoms with E-state index in [0.29, 0.717) is 0 Å². The molecule has 2 heterocycles. The molecule has 64 valence electrons. The summed E-state index contributed by atoms with van der Waals surface area (Å²) in [5.41, 5.74) is 3.16. The van der Waals surface area contributed by atoms with Gasteiger partial charge >= 0.3 is 0 Å². The molecular formula is C7H6N6. The van der Waals surface area contributed by atoms with Crippen molar-refractivity contribution in [2.75, 3.05) is 5.84 Å². The fourth-order valence-electron chi connectivity index (χ4n) is 1.42. The molecule has 0 aliphatic carbocycles. The van der Waals surface area contributed by atoms with Gasteiger partial charge in [-0.25, -0.2) is 9.97 Å². The van der Waals surface area contributed by atoms with E-state index in [2.05, 4.69) is 20.3 Å². The van der Waals surface area contributed by atoms with Gasteiger partial charge in [0.05, 0.1) is 5.52 Å². The van der Waals surface area contributed by atoms with Crippen molar-refractivity contribution in [2.45, 2.75) is 0 Å². The number of imidazole rings is 1. The number of nitrogen functional groups attached to an aromatic ring is 1. The molecule has 0 bridgehead atoms. The molecule has 0 fully saturated rings. The number of nitrogens with two attached hydrogens (primary N) is 1. The van der Waals surface area contributed by atoms with Crippen molar-refractivity contribution in [3.8, 4) is 0 Å². The number of fused-ring (bicyclic) bond motifs is 3. The Hall–Kier alpha value is -2.11. The van der Waals surface area contributed by atoms with Crippen LogP contribution in [0.1, 0.15) is 0 Å². The number of hydrogen-bond acceptors (Lipinski definition) is 4. The summed E-state index contributed by atoms with van der Waals surface area (Å²) in [5, 5.41) is 6.63. The molecule has 0 saturated heterocycles. The lowest BCUT2D eigenvalue weighted by atomic mass is 10.3. The largest absolute Gasteiger partial charge is 0.323 e. The van der Waals surface area contributed by atoms with E-state index in [9.17, 15) is 0 Å². The number of hydrogen-bond donors (Lipinski definition) is 2. The molecule has 0 saturated carbocycles. The van der Waals surface area contributed by atoms with Crippen molar-refractivity contribution in [3.05, 3.63) is 18.5 Å². The second kappa shape index (κ2) is 1.98. The van der Waals surface area contributed by atoms with Crippen LogP contribution in [0.3, 0.4) is 0 Å². The van der Waals surface area contributed by atoms with E-state index in [1.807, 2.05) is 12.1 Å². The van der Waals surface area contributed by atoms with Crippen LogP contribution in [0.15, 0.2) is 18.5 Å². The number of nitrogens with one attached hydrogen (secondary N) is 1. The van der Waals surface area contributed by atoms with Crippen LogP contribution in [0.4, 0.5) is 0 Å². The number of H-pyrrole nitrogens is 1. The topological polar surface area (TPSA) is 85.4 Å². The molecule has 6 heteroatoms. The van der Waals surface area contributed by atoms with Gasteiger partial charge < -0.3 is 5.84 Å². The second-order valence-electron chi connectivity index (χ2n) is 2.76. The highest BCUT2D eigenvalue weighted by atomic mass is 15.6. The SMILES string of the molecule is Nn1[nH]nc2ccc3ncnc3c21. The summed E-state index contributed by atoms with van der Waals surface area (Å²) in [7, 11) is 0. The number of aromatic amines is 1. The van der Waals surface area contributed by atoms with E-state index >= 15 is 0 Å². The van der Waals surface area contributed by atoms with Crippen molar-refractivity contribution in [1.29, 1.82) is 0 Å². The summed E-state index contributed by atoms with van der Waals surface area (Å²) in [6.07, 6.45) is 1.51. The molecule has 0 unspecified atom stereocenters. The molecule has 3 rings (SSSR count). The summed E-state index contributed by atoms with van der Waals surface area (Å²) >= 11 is 0. The summed E-state index contributed by atoms with van der Waals surface area (Å²) in [4.78, 5) is 9.52. The lowest BCUT2D eigenvalue weighted by Gasteiger charge is -1.92. The molecule has 0 aliphatic heterocycles. The van der Waals surface area contributed by atoms with Gasteiger partial charge in [0.2, 0.25) is 0 Å². The molecular weight excluding hydrogens is 168 g/mol. The van der Waals surface area contributed by atoms with Gasteiger partial charge in [-0.15, -0.1) is 0 Å². The van der Waals surface area contributed by atoms with Crippen LogP contribution in [0.5, 0.6) is 0 Å². The molecule has 0 aliphatic rings. The van der Waals surface area contributed by atoms with Crippen molar-refractivity contribution in [2.24, 2.45) is 0 Å². The van der Waals surface area contributed by atoms with Crippen molar-refractivity contribution < 1.29 is 0 Å². The first-order valence-corrected chi connectivity index (χ1v) is 3.78. The van der Waals surface area contributed by atoms with Gasteiger partial charge in [-0.3, -0.25) is 0 Å². The molecule has 0 radical (unpaired) electrons. The van der Waals surface area contributed by atoms with E-state index in [0.717, 1.165) is 22.1 Å². The smallest absolute Gasteiger partial charge is 0.137 e. The fourth-order valence-corrected chi connectivity index (χ4v) is 1.42. The molecule has 2 aromatic heterocycles. The lowest BCUT2D eigenvalue weighted by Crippen LogP contribution is -2.09. The van der Waals surface area contributed by atoms with Crippen molar-refractivity contribution in [3.63, 3.8) is 0 Å². The third-order valence-electron chi connectivity index (χ3n) is 2.01. The number of nitrogens with zero attached hydrogens (tertiary/aromatic N) is 4. The van der Waals surface area contributed by atoms with Crippen LogP contribution in [-0.2, 0) is 0 Å². The van der Waals surface area contributed by atoms with E-state index in [4.69, 9.17) is 5.84 Å². The summed E-state index contributed by atoms with van der Waals surface area (Å²) in [6, 6.07) is 3.72. The second-order valence-corrected chi connectivity index (χ2v) is 2.76. The van der Waals surface area contributed by atoms with Gasteiger partial charge in [0.25, 0.3) is 0 Å². The first kappa shape index (κ1) is 6.41. The van der Waals surface area contributed by atoms with Crippen LogP contribution < -0.4 is 5.84 Å². The minimum Gasteiger partial charge on any atom is -0.323 e. The maximum Gasteiger partial charge on any atom is 0.137 e. The Balaban J connectivity index is 2.70. The van der Waals surface area contributed by atoms with Crippen LogP contribution in [-0.4, -0.2) is 25.1 Å². The van der Waals surface area contributed by atoms with Crippen LogP contribution in [0.25, 0.3) is 22.1 Å². The Bertz CT molecular complexity index is 577. The first-order valence-electron chi connectivity index (χ1n) is 3.78. The molecule has 3 N–H and O–H groups in total. The Morgan fingerprint density at radius 1 is 1.23 bits per heavy atom. The highest BCUT2D eigenvalue weighted by molar-refractivity contribution is 5.99. The number of benzene rings is 1. The van der Waals surface area contributed by atoms with Gasteiger partial charge in [0.15, 0.2) is 0 Å². The summed E-state index contributed by atoms with van der Waals surface area (Å²) in [5.74, 6) is 5.63. The monoisotopic (exact) mass is 174 g/mol. The zero-order chi connectivity index (χ0) is 8.84. The number of aromatic nitrogens is 5. The summed E-state index contributed by atoms with van der Waals surface area (Å²) < 4.78 is 0. The van der Waals surface area contributed by atoms with Gasteiger partial charge in [-0.1, -0.05) is 0 Å². The van der Waals surface area contributed by atoms with Gasteiger partial charge in [-0.2, -0.15) is 15.1 Å². The van der Waals surface area contributed by atoms with Crippen molar-refractivity contribution >= 4 is 22.1 Å². The standard InChI is InChI=1S/C7H6N6/c8-13-7-5(11-12-13)2-1-4-6(7)10-3-9-4/h1-3,12H,8H2. The molecule has 0 atom stereocenters. The van der Waals surface area contributed by atoms with Crippen LogP contribution in [0, 0.1) is 0 Å². The Labute approximate surface area is 72.3 Å². The van der Waals surface area contributed by atoms with Crippen LogP contribution >= 0.6 is 0 Å². The molecule has 0 amide bonds. The lowest BCUT2D eigenvalue weighted by molar-refractivity contribution is 0.788. The quantitative estimate of drug-likeness (QED) is 0.470. The van der Waals surface area contributed by atoms with Gasteiger partial charge in [-0.05, 0) is 12.1 Å². The van der Waals surface area contributed by atoms with Gasteiger partial charge in [0.1, 0.15) is 22.9 Å². The van der Waals surface area contributed by atoms with E-state index in [1.165, 1.54) is 11.1 Å². The van der Waals surface area contributed by atoms with Gasteiger partial charge in [0, 0.05) is 0 Å². The van der Waals surface area contributed by atoms with Crippen LogP contribution in [0.2, 0.25) is 0 Å². The van der Waals surface area contributed by atoms with E-state index < -0.39 is 0 Å². The highest BCUT2D eigenvalue weighted by Crippen LogP contribution is 2.18.